The first-order valence-corrected chi connectivity index (χ1v) is 11.0. The monoisotopic (exact) mass is 424 g/mol. The van der Waals surface area contributed by atoms with Crippen LogP contribution < -0.4 is 5.32 Å². The van der Waals surface area contributed by atoms with E-state index in [0.717, 1.165) is 27.5 Å². The maximum atomic E-state index is 12.7. The second kappa shape index (κ2) is 8.30. The number of carbonyl (C=O) groups is 1. The molecule has 4 aromatic rings. The van der Waals surface area contributed by atoms with Gasteiger partial charge in [0.1, 0.15) is 11.0 Å². The van der Waals surface area contributed by atoms with Crippen molar-refractivity contribution in [2.24, 2.45) is 0 Å². The number of nitrogens with zero attached hydrogens (tertiary/aromatic N) is 5. The number of hydrogen-bond donors (Lipinski definition) is 1. The summed E-state index contributed by atoms with van der Waals surface area (Å²) in [5.41, 5.74) is 4.03. The van der Waals surface area contributed by atoms with Gasteiger partial charge in [0, 0.05) is 23.0 Å². The topological polar surface area (TPSA) is 85.1 Å². The third kappa shape index (κ3) is 4.15. The van der Waals surface area contributed by atoms with Crippen molar-refractivity contribution in [3.63, 3.8) is 0 Å². The van der Waals surface area contributed by atoms with Crippen LogP contribution in [-0.4, -0.2) is 36.2 Å². The Kier molecular flexibility index (Phi) is 5.59. The van der Waals surface area contributed by atoms with Crippen molar-refractivity contribution in [2.45, 2.75) is 32.0 Å². The van der Waals surface area contributed by atoms with E-state index in [2.05, 4.69) is 25.4 Å². The van der Waals surface area contributed by atoms with E-state index >= 15 is 0 Å². The molecule has 3 heterocycles. The minimum absolute atomic E-state index is 0.102. The summed E-state index contributed by atoms with van der Waals surface area (Å²) < 4.78 is 1.73. The van der Waals surface area contributed by atoms with Gasteiger partial charge >= 0.3 is 0 Å². The van der Waals surface area contributed by atoms with Gasteiger partial charge in [0.15, 0.2) is 0 Å². The van der Waals surface area contributed by atoms with Crippen molar-refractivity contribution >= 4 is 34.8 Å². The Morgan fingerprint density at radius 1 is 1.21 bits per heavy atom. The van der Waals surface area contributed by atoms with E-state index in [9.17, 15) is 4.79 Å². The largest absolute Gasteiger partial charge is 0.342 e. The summed E-state index contributed by atoms with van der Waals surface area (Å²) in [4.78, 5) is 26.0. The molecule has 1 unspecified atom stereocenters. The molecule has 0 fully saturated rings. The number of carbonyl (C=O) groups excluding carboxylic acids is 1. The normalized spacial score (nSPS) is 12.2. The van der Waals surface area contributed by atoms with Crippen LogP contribution in [0.25, 0.3) is 5.78 Å². The third-order valence-electron chi connectivity index (χ3n) is 4.71. The molecule has 0 radical (unpaired) electrons. The maximum absolute atomic E-state index is 12.7. The van der Waals surface area contributed by atoms with Crippen molar-refractivity contribution in [3.05, 3.63) is 69.4 Å². The van der Waals surface area contributed by atoms with Gasteiger partial charge in [0.25, 0.3) is 5.78 Å². The number of hydrogen-bond acceptors (Lipinski definition) is 7. The lowest BCUT2D eigenvalue weighted by molar-refractivity contribution is -0.119. The van der Waals surface area contributed by atoms with Gasteiger partial charge in [-0.15, -0.1) is 16.4 Å². The van der Waals surface area contributed by atoms with Crippen LogP contribution in [0.3, 0.4) is 0 Å². The fourth-order valence-electron chi connectivity index (χ4n) is 2.94. The summed E-state index contributed by atoms with van der Waals surface area (Å²) in [6.45, 7) is 5.96. The third-order valence-corrected chi connectivity index (χ3v) is 6.39. The molecular weight excluding hydrogens is 404 g/mol. The van der Waals surface area contributed by atoms with Crippen LogP contribution in [0.5, 0.6) is 0 Å². The van der Waals surface area contributed by atoms with E-state index in [1.54, 1.807) is 10.7 Å². The van der Waals surface area contributed by atoms with Gasteiger partial charge in [-0.05, 0) is 31.9 Å². The van der Waals surface area contributed by atoms with Gasteiger partial charge in [-0.1, -0.05) is 42.1 Å². The van der Waals surface area contributed by atoms with Gasteiger partial charge < -0.3 is 5.32 Å². The smallest absolute Gasteiger partial charge is 0.253 e. The average Bonchev–Trinajstić information content (AvgIpc) is 3.39. The van der Waals surface area contributed by atoms with Crippen LogP contribution >= 0.6 is 23.1 Å². The van der Waals surface area contributed by atoms with E-state index in [1.807, 2.05) is 56.5 Å². The second-order valence-corrected chi connectivity index (χ2v) is 8.45. The van der Waals surface area contributed by atoms with Crippen LogP contribution in [0, 0.1) is 20.8 Å². The molecule has 3 aromatic heterocycles. The van der Waals surface area contributed by atoms with E-state index in [1.165, 1.54) is 23.1 Å². The Morgan fingerprint density at radius 3 is 2.72 bits per heavy atom. The van der Waals surface area contributed by atoms with Crippen LogP contribution in [0.2, 0.25) is 0 Å². The highest BCUT2D eigenvalue weighted by Crippen LogP contribution is 2.24. The summed E-state index contributed by atoms with van der Waals surface area (Å²) in [6.07, 6.45) is 1.75. The number of aromatic nitrogens is 5. The van der Waals surface area contributed by atoms with Gasteiger partial charge in [0.2, 0.25) is 11.1 Å². The minimum atomic E-state index is -0.271. The molecule has 148 valence electrons. The molecule has 0 bridgehead atoms. The lowest BCUT2D eigenvalue weighted by atomic mass is 10.1. The molecular formula is C20H20N6OS2. The highest BCUT2D eigenvalue weighted by Gasteiger charge is 2.20. The number of thiazole rings is 1. The first kappa shape index (κ1) is 19.5. The van der Waals surface area contributed by atoms with Gasteiger partial charge in [-0.3, -0.25) is 4.79 Å². The minimum Gasteiger partial charge on any atom is -0.342 e. The predicted molar refractivity (Wildman–Crippen MR) is 114 cm³/mol. The molecule has 0 spiro atoms. The first-order valence-electron chi connectivity index (χ1n) is 9.10. The number of fused-ring (bicyclic) bond motifs is 1. The molecule has 29 heavy (non-hydrogen) atoms. The lowest BCUT2D eigenvalue weighted by Gasteiger charge is -2.16. The van der Waals surface area contributed by atoms with Gasteiger partial charge in [-0.2, -0.15) is 4.98 Å². The van der Waals surface area contributed by atoms with E-state index in [-0.39, 0.29) is 17.7 Å². The molecule has 0 aliphatic carbocycles. The van der Waals surface area contributed by atoms with Crippen molar-refractivity contribution in [1.29, 1.82) is 0 Å². The Morgan fingerprint density at radius 2 is 2.00 bits per heavy atom. The van der Waals surface area contributed by atoms with Crippen molar-refractivity contribution in [3.8, 4) is 0 Å². The summed E-state index contributed by atoms with van der Waals surface area (Å²) in [5, 5.41) is 10.9. The molecule has 0 aliphatic rings. The van der Waals surface area contributed by atoms with Crippen LogP contribution in [0.1, 0.15) is 33.6 Å². The first-order chi connectivity index (χ1) is 14.0. The number of rotatable bonds is 6. The summed E-state index contributed by atoms with van der Waals surface area (Å²) in [7, 11) is 0. The quantitative estimate of drug-likeness (QED) is 0.477. The Balaban J connectivity index is 1.48. The predicted octanol–water partition coefficient (Wildman–Crippen LogP) is 3.50. The molecule has 1 aromatic carbocycles. The van der Waals surface area contributed by atoms with Crippen molar-refractivity contribution < 1.29 is 4.79 Å². The SMILES string of the molecule is Cc1nc2nc(SCC(=O)NC(c3ccccc3)c3nccs3)nn2c(C)c1C. The lowest BCUT2D eigenvalue weighted by Crippen LogP contribution is -2.30. The van der Waals surface area contributed by atoms with Gasteiger partial charge in [0.05, 0.1) is 5.75 Å². The maximum Gasteiger partial charge on any atom is 0.253 e. The fraction of sp³-hybridized carbons (Fsp3) is 0.250. The molecule has 0 saturated carbocycles. The van der Waals surface area contributed by atoms with Crippen molar-refractivity contribution in [2.75, 3.05) is 5.75 Å². The molecule has 4 rings (SSSR count). The highest BCUT2D eigenvalue weighted by atomic mass is 32.2. The molecule has 1 amide bonds. The molecule has 1 atom stereocenters. The molecule has 7 nitrogen and oxygen atoms in total. The standard InChI is InChI=1S/C20H20N6OS2/c1-12-13(2)22-19-24-20(25-26(19)14(12)3)29-11-16(27)23-17(18-21-9-10-28-18)15-7-5-4-6-8-15/h4-10,17H,11H2,1-3H3,(H,23,27). The number of thioether (sulfide) groups is 1. The number of nitrogens with one attached hydrogen (secondary N) is 1. The summed E-state index contributed by atoms with van der Waals surface area (Å²) in [5.74, 6) is 0.663. The van der Waals surface area contributed by atoms with Crippen LogP contribution in [-0.2, 0) is 4.79 Å². The summed E-state index contributed by atoms with van der Waals surface area (Å²) >= 11 is 2.82. The number of amides is 1. The molecule has 9 heteroatoms. The fourth-order valence-corrected chi connectivity index (χ4v) is 4.28. The second-order valence-electron chi connectivity index (χ2n) is 6.58. The summed E-state index contributed by atoms with van der Waals surface area (Å²) in [6, 6.07) is 9.57. The van der Waals surface area contributed by atoms with Crippen LogP contribution in [0.15, 0.2) is 47.1 Å². The van der Waals surface area contributed by atoms with Gasteiger partial charge in [-0.25, -0.2) is 14.5 Å². The van der Waals surface area contributed by atoms with Crippen LogP contribution in [0.4, 0.5) is 0 Å². The Labute approximate surface area is 176 Å². The molecule has 0 saturated heterocycles. The Hall–Kier alpha value is -2.78. The molecule has 1 N–H and O–H groups in total. The van der Waals surface area contributed by atoms with Crippen molar-refractivity contribution in [1.82, 2.24) is 29.9 Å². The molecule has 0 aliphatic heterocycles. The van der Waals surface area contributed by atoms with E-state index < -0.39 is 0 Å². The zero-order valence-corrected chi connectivity index (χ0v) is 17.9. The zero-order valence-electron chi connectivity index (χ0n) is 16.3. The van der Waals surface area contributed by atoms with E-state index in [4.69, 9.17) is 0 Å². The number of aryl methyl sites for hydroxylation is 2. The average molecular weight is 425 g/mol. The zero-order chi connectivity index (χ0) is 20.4. The number of benzene rings is 1. The van der Waals surface area contributed by atoms with E-state index in [0.29, 0.717) is 10.9 Å². The Bertz CT molecular complexity index is 1140. The highest BCUT2D eigenvalue weighted by molar-refractivity contribution is 7.99.